The van der Waals surface area contributed by atoms with Crippen molar-refractivity contribution in [3.8, 4) is 0 Å². The summed E-state index contributed by atoms with van der Waals surface area (Å²) in [7, 11) is 4.11. The molecule has 20 heavy (non-hydrogen) atoms. The predicted octanol–water partition coefficient (Wildman–Crippen LogP) is 1.56. The second-order valence-electron chi connectivity index (χ2n) is 5.21. The van der Waals surface area contributed by atoms with Crippen LogP contribution in [0.1, 0.15) is 13.3 Å². The minimum Gasteiger partial charge on any atom is -0.370 e. The van der Waals surface area contributed by atoms with E-state index in [4.69, 9.17) is 0 Å². The summed E-state index contributed by atoms with van der Waals surface area (Å²) in [6.45, 7) is 4.36. The summed E-state index contributed by atoms with van der Waals surface area (Å²) in [5.74, 6) is 1.24. The van der Waals surface area contributed by atoms with Crippen LogP contribution >= 0.6 is 0 Å². The van der Waals surface area contributed by atoms with Gasteiger partial charge in [0.25, 0.3) is 5.69 Å². The van der Waals surface area contributed by atoms with E-state index in [2.05, 4.69) is 34.2 Å². The molecule has 2 heterocycles. The van der Waals surface area contributed by atoms with E-state index in [9.17, 15) is 10.1 Å². The highest BCUT2D eigenvalue weighted by molar-refractivity contribution is 5.56. The summed E-state index contributed by atoms with van der Waals surface area (Å²) in [6.07, 6.45) is 1.05. The molecule has 0 amide bonds. The highest BCUT2D eigenvalue weighted by Gasteiger charge is 2.26. The average Bonchev–Trinajstić information content (AvgIpc) is 2.88. The van der Waals surface area contributed by atoms with Crippen LogP contribution in [0.5, 0.6) is 0 Å². The van der Waals surface area contributed by atoms with Crippen LogP contribution in [0.4, 0.5) is 17.3 Å². The van der Waals surface area contributed by atoms with Crippen LogP contribution in [0.25, 0.3) is 0 Å². The number of pyridine rings is 1. The Morgan fingerprint density at radius 3 is 2.85 bits per heavy atom. The molecule has 0 aliphatic carbocycles. The third-order valence-electron chi connectivity index (χ3n) is 3.58. The Labute approximate surface area is 118 Å². The first-order chi connectivity index (χ1) is 9.51. The lowest BCUT2D eigenvalue weighted by Crippen LogP contribution is -2.31. The maximum absolute atomic E-state index is 11.0. The molecule has 0 aromatic carbocycles. The van der Waals surface area contributed by atoms with Crippen LogP contribution in [-0.2, 0) is 0 Å². The van der Waals surface area contributed by atoms with E-state index < -0.39 is 0 Å². The van der Waals surface area contributed by atoms with E-state index >= 15 is 0 Å². The van der Waals surface area contributed by atoms with Crippen LogP contribution in [-0.4, -0.2) is 54.6 Å². The zero-order valence-electron chi connectivity index (χ0n) is 12.2. The summed E-state index contributed by atoms with van der Waals surface area (Å²) in [6, 6.07) is 3.50. The van der Waals surface area contributed by atoms with Crippen LogP contribution in [0, 0.1) is 10.1 Å². The molecule has 0 spiro atoms. The van der Waals surface area contributed by atoms with E-state index in [0.717, 1.165) is 19.5 Å². The topological polar surface area (TPSA) is 74.5 Å². The molecular weight excluding hydrogens is 258 g/mol. The fourth-order valence-corrected chi connectivity index (χ4v) is 2.41. The molecule has 2 rings (SSSR count). The van der Waals surface area contributed by atoms with Crippen molar-refractivity contribution < 1.29 is 4.92 Å². The van der Waals surface area contributed by atoms with Crippen molar-refractivity contribution in [1.29, 1.82) is 0 Å². The molecule has 7 heteroatoms. The number of nitro groups is 1. The minimum absolute atomic E-state index is 0.0826. The SMILES string of the molecule is CCNc1cc([N+](=O)[O-])cc(N2CCC(N(C)C)C2)n1. The van der Waals surface area contributed by atoms with Gasteiger partial charge in [-0.05, 0) is 27.4 Å². The zero-order chi connectivity index (χ0) is 14.7. The summed E-state index contributed by atoms with van der Waals surface area (Å²) >= 11 is 0. The fraction of sp³-hybridized carbons (Fsp3) is 0.615. The van der Waals surface area contributed by atoms with Crippen LogP contribution in [0.2, 0.25) is 0 Å². The average molecular weight is 279 g/mol. The maximum Gasteiger partial charge on any atom is 0.276 e. The summed E-state index contributed by atoms with van der Waals surface area (Å²) < 4.78 is 0. The maximum atomic E-state index is 11.0. The molecule has 1 aromatic heterocycles. The van der Waals surface area contributed by atoms with Gasteiger partial charge in [-0.1, -0.05) is 0 Å². The van der Waals surface area contributed by atoms with Gasteiger partial charge >= 0.3 is 0 Å². The Balaban J connectivity index is 2.24. The fourth-order valence-electron chi connectivity index (χ4n) is 2.41. The number of nitrogens with zero attached hydrogens (tertiary/aromatic N) is 4. The Kier molecular flexibility index (Phi) is 4.39. The molecule has 1 aliphatic heterocycles. The quantitative estimate of drug-likeness (QED) is 0.651. The van der Waals surface area contributed by atoms with Crippen molar-refractivity contribution in [2.75, 3.05) is 43.9 Å². The second kappa shape index (κ2) is 6.04. The molecule has 1 N–H and O–H groups in total. The van der Waals surface area contributed by atoms with Gasteiger partial charge in [-0.15, -0.1) is 0 Å². The van der Waals surface area contributed by atoms with Gasteiger partial charge in [0.1, 0.15) is 11.6 Å². The third-order valence-corrected chi connectivity index (χ3v) is 3.58. The van der Waals surface area contributed by atoms with E-state index in [0.29, 0.717) is 24.2 Å². The number of nitrogens with one attached hydrogen (secondary N) is 1. The van der Waals surface area contributed by atoms with E-state index in [1.807, 2.05) is 6.92 Å². The Hall–Kier alpha value is -1.89. The van der Waals surface area contributed by atoms with Crippen LogP contribution in [0.15, 0.2) is 12.1 Å². The van der Waals surface area contributed by atoms with Crippen molar-refractivity contribution in [3.05, 3.63) is 22.2 Å². The number of hydrogen-bond donors (Lipinski definition) is 1. The molecule has 0 bridgehead atoms. The standard InChI is InChI=1S/C13H21N5O2/c1-4-14-12-7-11(18(19)20)8-13(15-12)17-6-5-10(9-17)16(2)3/h7-8,10H,4-6,9H2,1-3H3,(H,14,15). The van der Waals surface area contributed by atoms with Crippen molar-refractivity contribution in [2.45, 2.75) is 19.4 Å². The summed E-state index contributed by atoms with van der Waals surface area (Å²) in [4.78, 5) is 19.4. The number of anilines is 2. The van der Waals surface area contributed by atoms with E-state index in [1.54, 1.807) is 6.07 Å². The van der Waals surface area contributed by atoms with Crippen molar-refractivity contribution in [2.24, 2.45) is 0 Å². The molecule has 1 aromatic rings. The lowest BCUT2D eigenvalue weighted by molar-refractivity contribution is -0.384. The molecule has 7 nitrogen and oxygen atoms in total. The molecule has 1 fully saturated rings. The van der Waals surface area contributed by atoms with E-state index in [-0.39, 0.29) is 10.6 Å². The lowest BCUT2D eigenvalue weighted by Gasteiger charge is -2.21. The smallest absolute Gasteiger partial charge is 0.276 e. The second-order valence-corrected chi connectivity index (χ2v) is 5.21. The predicted molar refractivity (Wildman–Crippen MR) is 79.4 cm³/mol. The molecule has 0 radical (unpaired) electrons. The van der Waals surface area contributed by atoms with Gasteiger partial charge < -0.3 is 15.1 Å². The first-order valence-corrected chi connectivity index (χ1v) is 6.83. The monoisotopic (exact) mass is 279 g/mol. The van der Waals surface area contributed by atoms with Gasteiger partial charge in [0.15, 0.2) is 0 Å². The van der Waals surface area contributed by atoms with Gasteiger partial charge in [-0.2, -0.15) is 0 Å². The van der Waals surface area contributed by atoms with Gasteiger partial charge in [-0.25, -0.2) is 4.98 Å². The zero-order valence-corrected chi connectivity index (χ0v) is 12.2. The highest BCUT2D eigenvalue weighted by atomic mass is 16.6. The molecule has 1 atom stereocenters. The minimum atomic E-state index is -0.370. The molecule has 1 unspecified atom stereocenters. The van der Waals surface area contributed by atoms with Crippen LogP contribution in [0.3, 0.4) is 0 Å². The molecular formula is C13H21N5O2. The number of rotatable bonds is 5. The molecule has 1 saturated heterocycles. The highest BCUT2D eigenvalue weighted by Crippen LogP contribution is 2.26. The first-order valence-electron chi connectivity index (χ1n) is 6.83. The van der Waals surface area contributed by atoms with Gasteiger partial charge in [0.2, 0.25) is 0 Å². The Morgan fingerprint density at radius 2 is 2.30 bits per heavy atom. The van der Waals surface area contributed by atoms with Gasteiger partial charge in [-0.3, -0.25) is 10.1 Å². The number of likely N-dealkylation sites (N-methyl/N-ethyl adjacent to an activating group) is 1. The third kappa shape index (κ3) is 3.16. The number of hydrogen-bond acceptors (Lipinski definition) is 6. The van der Waals surface area contributed by atoms with Gasteiger partial charge in [0.05, 0.1) is 17.1 Å². The summed E-state index contributed by atoms with van der Waals surface area (Å²) in [5.41, 5.74) is 0.0826. The van der Waals surface area contributed by atoms with E-state index in [1.165, 1.54) is 6.07 Å². The summed E-state index contributed by atoms with van der Waals surface area (Å²) in [5, 5.41) is 14.1. The Morgan fingerprint density at radius 1 is 1.55 bits per heavy atom. The molecule has 0 saturated carbocycles. The molecule has 1 aliphatic rings. The lowest BCUT2D eigenvalue weighted by atomic mass is 10.2. The van der Waals surface area contributed by atoms with Crippen LogP contribution < -0.4 is 10.2 Å². The van der Waals surface area contributed by atoms with Crippen molar-refractivity contribution in [3.63, 3.8) is 0 Å². The molecule has 110 valence electrons. The first kappa shape index (κ1) is 14.5. The number of aromatic nitrogens is 1. The van der Waals surface area contributed by atoms with Crippen molar-refractivity contribution >= 4 is 17.3 Å². The Bertz CT molecular complexity index is 492. The normalized spacial score (nSPS) is 18.6. The van der Waals surface area contributed by atoms with Crippen molar-refractivity contribution in [1.82, 2.24) is 9.88 Å². The largest absolute Gasteiger partial charge is 0.370 e. The van der Waals surface area contributed by atoms with Gasteiger partial charge in [0, 0.05) is 25.7 Å².